The highest BCUT2D eigenvalue weighted by molar-refractivity contribution is 7.99. The number of ether oxygens (including phenoxy) is 1. The highest BCUT2D eigenvalue weighted by Crippen LogP contribution is 2.27. The monoisotopic (exact) mass is 420 g/mol. The maximum atomic E-state index is 13.1. The molecule has 0 aliphatic rings. The first-order chi connectivity index (χ1) is 13.5. The molecule has 0 fully saturated rings. The molecule has 0 aliphatic carbocycles. The van der Waals surface area contributed by atoms with Crippen LogP contribution in [0, 0.1) is 17.1 Å². The van der Waals surface area contributed by atoms with E-state index in [4.69, 9.17) is 21.6 Å². The summed E-state index contributed by atoms with van der Waals surface area (Å²) in [5.74, 6) is -0.951. The number of amides is 1. The molecule has 1 amide bonds. The fourth-order valence-corrected chi connectivity index (χ4v) is 3.45. The van der Waals surface area contributed by atoms with Crippen molar-refractivity contribution in [3.8, 4) is 6.07 Å². The lowest BCUT2D eigenvalue weighted by atomic mass is 10.2. The van der Waals surface area contributed by atoms with Gasteiger partial charge in [-0.25, -0.2) is 4.39 Å². The fraction of sp³-hybridized carbons (Fsp3) is 0.250. The minimum absolute atomic E-state index is 0.103. The van der Waals surface area contributed by atoms with Crippen molar-refractivity contribution in [2.45, 2.75) is 17.7 Å². The number of hydrogen-bond acceptors (Lipinski definition) is 5. The number of benzene rings is 2. The smallest absolute Gasteiger partial charge is 0.307 e. The van der Waals surface area contributed by atoms with Gasteiger partial charge < -0.3 is 9.64 Å². The highest BCUT2D eigenvalue weighted by Gasteiger charge is 2.17. The Labute approximate surface area is 172 Å². The number of nitrogens with zero attached hydrogens (tertiary/aromatic N) is 2. The number of halogens is 2. The third-order valence-corrected chi connectivity index (χ3v) is 5.16. The minimum Gasteiger partial charge on any atom is -0.456 e. The largest absolute Gasteiger partial charge is 0.456 e. The van der Waals surface area contributed by atoms with E-state index in [-0.39, 0.29) is 19.4 Å². The van der Waals surface area contributed by atoms with Gasteiger partial charge in [-0.3, -0.25) is 9.59 Å². The van der Waals surface area contributed by atoms with Crippen molar-refractivity contribution >= 4 is 40.9 Å². The molecule has 0 bridgehead atoms. The number of anilines is 1. The third-order valence-electron chi connectivity index (χ3n) is 3.64. The van der Waals surface area contributed by atoms with Crippen LogP contribution in [0.4, 0.5) is 10.1 Å². The maximum Gasteiger partial charge on any atom is 0.307 e. The van der Waals surface area contributed by atoms with E-state index in [1.165, 1.54) is 40.9 Å². The summed E-state index contributed by atoms with van der Waals surface area (Å²) in [6.07, 6.45) is 0.226. The van der Waals surface area contributed by atoms with E-state index in [1.54, 1.807) is 6.07 Å². The lowest BCUT2D eigenvalue weighted by Crippen LogP contribution is -2.35. The van der Waals surface area contributed by atoms with E-state index in [0.29, 0.717) is 16.5 Å². The van der Waals surface area contributed by atoms with Gasteiger partial charge in [0, 0.05) is 22.9 Å². The molecule has 0 spiro atoms. The van der Waals surface area contributed by atoms with Crippen LogP contribution < -0.4 is 4.90 Å². The van der Waals surface area contributed by atoms with Crippen LogP contribution in [0.15, 0.2) is 53.4 Å². The first-order valence-electron chi connectivity index (χ1n) is 8.47. The zero-order chi connectivity index (χ0) is 20.4. The van der Waals surface area contributed by atoms with Gasteiger partial charge in [-0.05, 0) is 36.4 Å². The maximum absolute atomic E-state index is 13.1. The second kappa shape index (κ2) is 11.3. The Morgan fingerprint density at radius 3 is 2.57 bits per heavy atom. The van der Waals surface area contributed by atoms with E-state index in [1.807, 2.05) is 24.3 Å². The molecule has 0 aliphatic heterocycles. The van der Waals surface area contributed by atoms with Gasteiger partial charge in [0.15, 0.2) is 6.61 Å². The molecule has 8 heteroatoms. The van der Waals surface area contributed by atoms with Gasteiger partial charge in [-0.2, -0.15) is 5.26 Å². The number of nitriles is 1. The molecule has 2 rings (SSSR count). The van der Waals surface area contributed by atoms with Crippen molar-refractivity contribution in [2.24, 2.45) is 0 Å². The summed E-state index contributed by atoms with van der Waals surface area (Å²) in [5, 5.41) is 9.39. The molecule has 28 heavy (non-hydrogen) atoms. The molecule has 0 aromatic heterocycles. The van der Waals surface area contributed by atoms with E-state index in [2.05, 4.69) is 0 Å². The Kier molecular flexibility index (Phi) is 8.79. The molecular formula is C20H18ClFN2O3S. The van der Waals surface area contributed by atoms with E-state index < -0.39 is 24.3 Å². The van der Waals surface area contributed by atoms with Gasteiger partial charge in [-0.15, -0.1) is 11.8 Å². The van der Waals surface area contributed by atoms with Crippen molar-refractivity contribution in [2.75, 3.05) is 23.8 Å². The van der Waals surface area contributed by atoms with Crippen LogP contribution in [0.2, 0.25) is 5.02 Å². The summed E-state index contributed by atoms with van der Waals surface area (Å²) >= 11 is 7.48. The lowest BCUT2D eigenvalue weighted by molar-refractivity contribution is -0.147. The lowest BCUT2D eigenvalue weighted by Gasteiger charge is -2.21. The number of hydrogen-bond donors (Lipinski definition) is 0. The number of carbonyl (C=O) groups is 2. The zero-order valence-electron chi connectivity index (χ0n) is 14.9. The molecule has 0 heterocycles. The van der Waals surface area contributed by atoms with Crippen molar-refractivity contribution < 1.29 is 18.7 Å². The Hall–Kier alpha value is -2.56. The van der Waals surface area contributed by atoms with Crippen LogP contribution in [0.25, 0.3) is 0 Å². The van der Waals surface area contributed by atoms with Crippen LogP contribution in [-0.2, 0) is 14.3 Å². The van der Waals surface area contributed by atoms with E-state index in [0.717, 1.165) is 4.90 Å². The summed E-state index contributed by atoms with van der Waals surface area (Å²) < 4.78 is 18.1. The SMILES string of the molecule is N#CCCN(C(=O)COC(=O)CCSc1ccccc1Cl)c1ccc(F)cc1. The van der Waals surface area contributed by atoms with E-state index >= 15 is 0 Å². The van der Waals surface area contributed by atoms with Gasteiger partial charge in [0.05, 0.1) is 23.9 Å². The molecule has 0 saturated heterocycles. The Bertz CT molecular complexity index is 855. The second-order valence-corrected chi connectivity index (χ2v) is 7.16. The molecule has 146 valence electrons. The Morgan fingerprint density at radius 2 is 1.89 bits per heavy atom. The standard InChI is InChI=1S/C20H18ClFN2O3S/c21-17-4-1-2-5-18(17)28-13-10-20(26)27-14-19(25)24(12-3-11-23)16-8-6-15(22)7-9-16/h1-2,4-9H,3,10,12-14H2. The number of carbonyl (C=O) groups excluding carboxylic acids is 2. The van der Waals surface area contributed by atoms with Gasteiger partial charge in [0.2, 0.25) is 0 Å². The predicted octanol–water partition coefficient (Wildman–Crippen LogP) is 4.45. The van der Waals surface area contributed by atoms with Crippen molar-refractivity contribution in [3.05, 3.63) is 59.4 Å². The van der Waals surface area contributed by atoms with Crippen LogP contribution in [-0.4, -0.2) is 30.8 Å². The second-order valence-electron chi connectivity index (χ2n) is 5.62. The number of rotatable bonds is 9. The van der Waals surface area contributed by atoms with Gasteiger partial charge in [0.1, 0.15) is 5.82 Å². The highest BCUT2D eigenvalue weighted by atomic mass is 35.5. The summed E-state index contributed by atoms with van der Waals surface area (Å²) in [4.78, 5) is 26.5. The summed E-state index contributed by atoms with van der Waals surface area (Å²) in [6.45, 7) is -0.320. The first kappa shape index (κ1) is 21.7. The van der Waals surface area contributed by atoms with Crippen molar-refractivity contribution in [1.29, 1.82) is 5.26 Å². The molecular weight excluding hydrogens is 403 g/mol. The molecule has 0 saturated carbocycles. The Morgan fingerprint density at radius 1 is 1.18 bits per heavy atom. The van der Waals surface area contributed by atoms with Crippen molar-refractivity contribution in [1.82, 2.24) is 0 Å². The molecule has 0 atom stereocenters. The van der Waals surface area contributed by atoms with Crippen LogP contribution in [0.3, 0.4) is 0 Å². The molecule has 2 aromatic carbocycles. The van der Waals surface area contributed by atoms with Crippen LogP contribution >= 0.6 is 23.4 Å². The number of thioether (sulfide) groups is 1. The average molecular weight is 421 g/mol. The first-order valence-corrected chi connectivity index (χ1v) is 9.83. The summed E-state index contributed by atoms with van der Waals surface area (Å²) in [5.41, 5.74) is 0.437. The van der Waals surface area contributed by atoms with Crippen LogP contribution in [0.1, 0.15) is 12.8 Å². The predicted molar refractivity (Wildman–Crippen MR) is 107 cm³/mol. The van der Waals surface area contributed by atoms with E-state index in [9.17, 15) is 14.0 Å². The number of esters is 1. The topological polar surface area (TPSA) is 70.4 Å². The van der Waals surface area contributed by atoms with Crippen LogP contribution in [0.5, 0.6) is 0 Å². The molecule has 0 N–H and O–H groups in total. The fourth-order valence-electron chi connectivity index (χ4n) is 2.28. The molecule has 0 radical (unpaired) electrons. The average Bonchev–Trinajstić information content (AvgIpc) is 2.69. The quantitative estimate of drug-likeness (QED) is 0.442. The summed E-state index contributed by atoms with van der Waals surface area (Å²) in [6, 6.07) is 14.6. The van der Waals surface area contributed by atoms with Gasteiger partial charge in [0.25, 0.3) is 5.91 Å². The third kappa shape index (κ3) is 6.87. The molecule has 0 unspecified atom stereocenters. The molecule has 2 aromatic rings. The minimum atomic E-state index is -0.507. The molecule has 5 nitrogen and oxygen atoms in total. The zero-order valence-corrected chi connectivity index (χ0v) is 16.5. The van der Waals surface area contributed by atoms with Gasteiger partial charge in [-0.1, -0.05) is 23.7 Å². The summed E-state index contributed by atoms with van der Waals surface area (Å²) in [7, 11) is 0. The van der Waals surface area contributed by atoms with Crippen molar-refractivity contribution in [3.63, 3.8) is 0 Å². The normalized spacial score (nSPS) is 10.2. The Balaban J connectivity index is 1.83. The van der Waals surface area contributed by atoms with Gasteiger partial charge >= 0.3 is 5.97 Å².